The molecular formula is C19H28N4O4. The third-order valence-electron chi connectivity index (χ3n) is 5.62. The van der Waals surface area contributed by atoms with Crippen LogP contribution >= 0.6 is 0 Å². The normalized spacial score (nSPS) is 25.2. The number of hydrogen-bond donors (Lipinski definition) is 2. The van der Waals surface area contributed by atoms with E-state index in [1.165, 1.54) is 11.1 Å². The van der Waals surface area contributed by atoms with Crippen LogP contribution in [0.25, 0.3) is 0 Å². The van der Waals surface area contributed by atoms with Crippen LogP contribution in [0.15, 0.2) is 35.4 Å². The maximum absolute atomic E-state index is 10.1. The number of aryl methyl sites for hydroxylation is 1. The van der Waals surface area contributed by atoms with Gasteiger partial charge in [0.05, 0.1) is 25.3 Å². The van der Waals surface area contributed by atoms with Crippen LogP contribution < -0.4 is 0 Å². The molecule has 0 spiro atoms. The van der Waals surface area contributed by atoms with Crippen LogP contribution in [0.3, 0.4) is 0 Å². The van der Waals surface area contributed by atoms with Crippen molar-refractivity contribution in [2.45, 2.75) is 26.6 Å². The summed E-state index contributed by atoms with van der Waals surface area (Å²) < 4.78 is 7.15. The highest BCUT2D eigenvalue weighted by molar-refractivity contribution is 5.32. The Labute approximate surface area is 159 Å². The molecular weight excluding hydrogens is 348 g/mol. The van der Waals surface area contributed by atoms with E-state index < -0.39 is 0 Å². The predicted octanol–water partition coefficient (Wildman–Crippen LogP) is 1.12. The lowest BCUT2D eigenvalue weighted by Crippen LogP contribution is -2.36. The number of aromatic nitrogens is 2. The van der Waals surface area contributed by atoms with Gasteiger partial charge in [0.25, 0.3) is 6.47 Å². The molecule has 0 amide bonds. The molecule has 2 unspecified atom stereocenters. The lowest BCUT2D eigenvalue weighted by molar-refractivity contribution is -0.122. The monoisotopic (exact) mass is 376 g/mol. The lowest BCUT2D eigenvalue weighted by atomic mass is 9.82. The molecule has 2 aromatic rings. The molecule has 0 radical (unpaired) electrons. The van der Waals surface area contributed by atoms with E-state index in [0.717, 1.165) is 45.8 Å². The number of furan rings is 1. The smallest absolute Gasteiger partial charge is 0.290 e. The van der Waals surface area contributed by atoms with Gasteiger partial charge in [-0.15, -0.1) is 0 Å². The molecule has 4 heterocycles. The number of rotatable bonds is 6. The van der Waals surface area contributed by atoms with E-state index >= 15 is 0 Å². The summed E-state index contributed by atoms with van der Waals surface area (Å²) in [6, 6.07) is 2.03. The Morgan fingerprint density at radius 3 is 2.44 bits per heavy atom. The number of aliphatic hydroxyl groups excluding tert-OH is 1. The molecule has 2 atom stereocenters. The molecule has 4 rings (SSSR count). The molecule has 2 fully saturated rings. The maximum Gasteiger partial charge on any atom is 0.290 e. The molecule has 0 saturated carbocycles. The minimum atomic E-state index is -0.250. The third kappa shape index (κ3) is 4.40. The van der Waals surface area contributed by atoms with E-state index in [1.54, 1.807) is 6.26 Å². The van der Waals surface area contributed by atoms with Crippen LogP contribution in [0.4, 0.5) is 0 Å². The fourth-order valence-electron chi connectivity index (χ4n) is 4.43. The van der Waals surface area contributed by atoms with Crippen molar-refractivity contribution in [3.63, 3.8) is 0 Å². The van der Waals surface area contributed by atoms with Gasteiger partial charge in [0, 0.05) is 68.6 Å². The number of likely N-dealkylation sites (tertiary alicyclic amines) is 2. The largest absolute Gasteiger partial charge is 0.483 e. The first-order chi connectivity index (χ1) is 13.1. The zero-order valence-electron chi connectivity index (χ0n) is 15.7. The first-order valence-corrected chi connectivity index (χ1v) is 9.28. The molecule has 2 saturated heterocycles. The van der Waals surface area contributed by atoms with E-state index in [9.17, 15) is 5.11 Å². The summed E-state index contributed by atoms with van der Waals surface area (Å²) in [7, 11) is 0. The van der Waals surface area contributed by atoms with Crippen LogP contribution in [0.2, 0.25) is 0 Å². The molecule has 8 heteroatoms. The van der Waals surface area contributed by atoms with Crippen LogP contribution in [0.5, 0.6) is 0 Å². The Hall–Kier alpha value is -2.16. The Kier molecular flexibility index (Phi) is 6.30. The maximum atomic E-state index is 10.1. The molecule has 148 valence electrons. The van der Waals surface area contributed by atoms with E-state index in [2.05, 4.69) is 28.0 Å². The minimum absolute atomic E-state index is 0.0183. The van der Waals surface area contributed by atoms with E-state index in [4.69, 9.17) is 14.3 Å². The standard InChI is InChI=1S/C18H26N4O2.CH2O2/c1-2-22-8-16(5-19-22)7-21-10-17-9-20(6-15-3-4-24-11-15)12-18(17,13-21)14-23;2-1-3/h3-5,8,11,17,23H,2,6-7,9-10,12-14H2,1H3;1H,(H,2,3). The van der Waals surface area contributed by atoms with Crippen molar-refractivity contribution in [3.8, 4) is 0 Å². The summed E-state index contributed by atoms with van der Waals surface area (Å²) in [5.41, 5.74) is 2.50. The van der Waals surface area contributed by atoms with Crippen molar-refractivity contribution >= 4 is 6.47 Å². The predicted molar refractivity (Wildman–Crippen MR) is 98.9 cm³/mol. The molecule has 2 aliphatic rings. The SMILES string of the molecule is CCn1cc(CN2CC3CN(Cc4ccoc4)CC3(CO)C2)cn1.O=CO. The van der Waals surface area contributed by atoms with Crippen molar-refractivity contribution in [1.82, 2.24) is 19.6 Å². The lowest BCUT2D eigenvalue weighted by Gasteiger charge is -2.27. The summed E-state index contributed by atoms with van der Waals surface area (Å²) in [5, 5.41) is 21.4. The second-order valence-electron chi connectivity index (χ2n) is 7.50. The topological polar surface area (TPSA) is 95.0 Å². The van der Waals surface area contributed by atoms with Gasteiger partial charge in [-0.25, -0.2) is 0 Å². The van der Waals surface area contributed by atoms with Crippen molar-refractivity contribution in [2.75, 3.05) is 32.8 Å². The highest BCUT2D eigenvalue weighted by Gasteiger charge is 2.51. The van der Waals surface area contributed by atoms with Gasteiger partial charge >= 0.3 is 0 Å². The third-order valence-corrected chi connectivity index (χ3v) is 5.62. The average Bonchev–Trinajstić information content (AvgIpc) is 3.40. The van der Waals surface area contributed by atoms with E-state index in [1.807, 2.05) is 23.2 Å². The summed E-state index contributed by atoms with van der Waals surface area (Å²) in [5.74, 6) is 0.538. The van der Waals surface area contributed by atoms with Gasteiger partial charge in [-0.2, -0.15) is 5.10 Å². The Morgan fingerprint density at radius 1 is 1.30 bits per heavy atom. The second-order valence-corrected chi connectivity index (χ2v) is 7.50. The molecule has 2 N–H and O–H groups in total. The highest BCUT2D eigenvalue weighted by Crippen LogP contribution is 2.43. The fraction of sp³-hybridized carbons (Fsp3) is 0.579. The summed E-state index contributed by atoms with van der Waals surface area (Å²) >= 11 is 0. The average molecular weight is 376 g/mol. The minimum Gasteiger partial charge on any atom is -0.483 e. The van der Waals surface area contributed by atoms with Crippen molar-refractivity contribution < 1.29 is 19.4 Å². The quantitative estimate of drug-likeness (QED) is 0.730. The van der Waals surface area contributed by atoms with Crippen LogP contribution in [0, 0.1) is 11.3 Å². The molecule has 0 bridgehead atoms. The van der Waals surface area contributed by atoms with Gasteiger partial charge in [0.15, 0.2) is 0 Å². The van der Waals surface area contributed by atoms with E-state index in [-0.39, 0.29) is 18.5 Å². The number of carboxylic acid groups (broad SMARTS) is 1. The Balaban J connectivity index is 0.000000659. The summed E-state index contributed by atoms with van der Waals surface area (Å²) in [6.07, 6.45) is 7.64. The van der Waals surface area contributed by atoms with Gasteiger partial charge in [0.2, 0.25) is 0 Å². The van der Waals surface area contributed by atoms with Crippen LogP contribution in [-0.2, 0) is 24.4 Å². The summed E-state index contributed by atoms with van der Waals surface area (Å²) in [4.78, 5) is 13.3. The molecule has 27 heavy (non-hydrogen) atoms. The first kappa shape index (κ1) is 19.6. The number of aliphatic hydroxyl groups is 1. The number of carbonyl (C=O) groups is 1. The van der Waals surface area contributed by atoms with Crippen LogP contribution in [-0.4, -0.2) is 69.1 Å². The zero-order valence-corrected chi connectivity index (χ0v) is 15.7. The first-order valence-electron chi connectivity index (χ1n) is 9.28. The van der Waals surface area contributed by atoms with Crippen molar-refractivity contribution in [2.24, 2.45) is 11.3 Å². The second kappa shape index (κ2) is 8.69. The number of fused-ring (bicyclic) bond motifs is 1. The number of hydrogen-bond acceptors (Lipinski definition) is 6. The number of nitrogens with zero attached hydrogens (tertiary/aromatic N) is 4. The molecule has 2 aromatic heterocycles. The van der Waals surface area contributed by atoms with Gasteiger partial charge < -0.3 is 14.6 Å². The summed E-state index contributed by atoms with van der Waals surface area (Å²) in [6.45, 7) is 8.91. The molecule has 0 aromatic carbocycles. The van der Waals surface area contributed by atoms with Gasteiger partial charge in [-0.3, -0.25) is 19.3 Å². The Morgan fingerprint density at radius 2 is 1.96 bits per heavy atom. The molecule has 8 nitrogen and oxygen atoms in total. The Bertz CT molecular complexity index is 717. The molecule has 2 aliphatic heterocycles. The van der Waals surface area contributed by atoms with Gasteiger partial charge in [-0.1, -0.05) is 0 Å². The van der Waals surface area contributed by atoms with Crippen molar-refractivity contribution in [1.29, 1.82) is 0 Å². The van der Waals surface area contributed by atoms with Gasteiger partial charge in [0.1, 0.15) is 0 Å². The molecule has 0 aliphatic carbocycles. The van der Waals surface area contributed by atoms with Crippen molar-refractivity contribution in [3.05, 3.63) is 42.1 Å². The highest BCUT2D eigenvalue weighted by atomic mass is 16.3. The van der Waals surface area contributed by atoms with E-state index in [0.29, 0.717) is 5.92 Å². The fourth-order valence-corrected chi connectivity index (χ4v) is 4.43. The zero-order chi connectivity index (χ0) is 19.3. The van der Waals surface area contributed by atoms with Gasteiger partial charge in [-0.05, 0) is 18.9 Å². The van der Waals surface area contributed by atoms with Crippen LogP contribution in [0.1, 0.15) is 18.1 Å².